The maximum atomic E-state index is 12.4. The molecule has 0 aliphatic heterocycles. The summed E-state index contributed by atoms with van der Waals surface area (Å²) >= 11 is 0. The van der Waals surface area contributed by atoms with Crippen molar-refractivity contribution in [2.24, 2.45) is 0 Å². The van der Waals surface area contributed by atoms with Crippen LogP contribution in [-0.2, 0) is 19.4 Å². The molecule has 0 saturated heterocycles. The fourth-order valence-electron chi connectivity index (χ4n) is 3.04. The quantitative estimate of drug-likeness (QED) is 0.304. The van der Waals surface area contributed by atoms with Crippen molar-refractivity contribution in [2.45, 2.75) is 30.6 Å². The molecule has 0 saturated carbocycles. The Morgan fingerprint density at radius 2 is 1.48 bits per heavy atom. The third kappa shape index (κ3) is 8.19. The van der Waals surface area contributed by atoms with Crippen molar-refractivity contribution in [1.29, 1.82) is 0 Å². The number of esters is 1. The van der Waals surface area contributed by atoms with Gasteiger partial charge in [0.05, 0.1) is 17.8 Å². The Balaban J connectivity index is 1.94. The number of hydrogen-bond donors (Lipinski definition) is 1. The predicted octanol–water partition coefficient (Wildman–Crippen LogP) is 3.79. The molecule has 0 atom stereocenters. The van der Waals surface area contributed by atoms with Gasteiger partial charge in [-0.2, -0.15) is 0 Å². The van der Waals surface area contributed by atoms with Gasteiger partial charge in [0, 0.05) is 19.3 Å². The number of rotatable bonds is 12. The van der Waals surface area contributed by atoms with E-state index in [4.69, 9.17) is 5.11 Å². The fraction of sp³-hybridized carbons (Fsp3) is 0.375. The summed E-state index contributed by atoms with van der Waals surface area (Å²) in [5, 5.41) is 8.78. The second-order valence-electron chi connectivity index (χ2n) is 7.38. The molecule has 0 fully saturated rings. The lowest BCUT2D eigenvalue weighted by Gasteiger charge is -2.17. The lowest BCUT2D eigenvalue weighted by molar-refractivity contribution is -0.138. The summed E-state index contributed by atoms with van der Waals surface area (Å²) in [6.45, 7) is 0.335. The third-order valence-electron chi connectivity index (χ3n) is 4.96. The Labute approximate surface area is 185 Å². The van der Waals surface area contributed by atoms with Crippen molar-refractivity contribution in [3.05, 3.63) is 59.7 Å². The third-order valence-corrected chi connectivity index (χ3v) is 6.77. The Morgan fingerprint density at radius 1 is 0.935 bits per heavy atom. The highest BCUT2D eigenvalue weighted by molar-refractivity contribution is 7.91. The first kappa shape index (κ1) is 24.6. The zero-order chi connectivity index (χ0) is 22.7. The number of carbonyl (C=O) groups excluding carboxylic acids is 1. The van der Waals surface area contributed by atoms with E-state index >= 15 is 0 Å². The molecule has 0 aliphatic rings. The zero-order valence-corrected chi connectivity index (χ0v) is 19.0. The van der Waals surface area contributed by atoms with Crippen molar-refractivity contribution in [3.8, 4) is 0 Å². The van der Waals surface area contributed by atoms with Crippen molar-refractivity contribution in [2.75, 3.05) is 38.0 Å². The molecule has 0 aliphatic carbocycles. The molecule has 31 heavy (non-hydrogen) atoms. The summed E-state index contributed by atoms with van der Waals surface area (Å²) in [6, 6.07) is 14.7. The Morgan fingerprint density at radius 3 is 2.03 bits per heavy atom. The first-order valence-electron chi connectivity index (χ1n) is 10.4. The van der Waals surface area contributed by atoms with Crippen molar-refractivity contribution in [1.82, 2.24) is 0 Å². The molecule has 2 aromatic rings. The minimum absolute atomic E-state index is 0.129. The number of aliphatic hydroxyl groups is 1. The van der Waals surface area contributed by atoms with Crippen LogP contribution in [0.2, 0.25) is 0 Å². The highest BCUT2D eigenvalue weighted by Crippen LogP contribution is 2.18. The minimum Gasteiger partial charge on any atom is -0.468 e. The highest BCUT2D eigenvalue weighted by atomic mass is 32.2. The zero-order valence-electron chi connectivity index (χ0n) is 18.2. The van der Waals surface area contributed by atoms with Gasteiger partial charge in [-0.3, -0.25) is 4.79 Å². The van der Waals surface area contributed by atoms with E-state index in [0.29, 0.717) is 17.7 Å². The van der Waals surface area contributed by atoms with E-state index in [1.165, 1.54) is 7.11 Å². The number of anilines is 1. The Hall–Kier alpha value is -2.64. The molecular formula is C24H31NO5S. The molecule has 0 spiro atoms. The topological polar surface area (TPSA) is 83.9 Å². The number of hydrogen-bond acceptors (Lipinski definition) is 6. The second kappa shape index (κ2) is 12.3. The summed E-state index contributed by atoms with van der Waals surface area (Å²) in [5.74, 6) is -0.164. The molecule has 168 valence electrons. The lowest BCUT2D eigenvalue weighted by Crippen LogP contribution is -2.26. The summed E-state index contributed by atoms with van der Waals surface area (Å²) in [7, 11) is -0.0851. The van der Waals surface area contributed by atoms with Gasteiger partial charge in [0.1, 0.15) is 6.54 Å². The number of sulfone groups is 1. The van der Waals surface area contributed by atoms with Crippen LogP contribution in [0, 0.1) is 0 Å². The van der Waals surface area contributed by atoms with Gasteiger partial charge in [0.2, 0.25) is 0 Å². The summed E-state index contributed by atoms with van der Waals surface area (Å²) in [6.07, 6.45) is 6.85. The molecule has 0 radical (unpaired) electrons. The molecule has 7 heteroatoms. The number of methoxy groups -OCH3 is 1. The predicted molar refractivity (Wildman–Crippen MR) is 125 cm³/mol. The fourth-order valence-corrected chi connectivity index (χ4v) is 4.41. The van der Waals surface area contributed by atoms with Gasteiger partial charge in [0.25, 0.3) is 0 Å². The Bertz CT molecular complexity index is 950. The highest BCUT2D eigenvalue weighted by Gasteiger charge is 2.13. The van der Waals surface area contributed by atoms with E-state index in [1.54, 1.807) is 24.3 Å². The lowest BCUT2D eigenvalue weighted by atomic mass is 10.1. The average molecular weight is 446 g/mol. The van der Waals surface area contributed by atoms with E-state index in [-0.39, 0.29) is 24.9 Å². The van der Waals surface area contributed by atoms with Crippen LogP contribution < -0.4 is 4.90 Å². The molecule has 0 heterocycles. The monoisotopic (exact) mass is 445 g/mol. The van der Waals surface area contributed by atoms with Crippen LogP contribution in [0.25, 0.3) is 12.2 Å². The summed E-state index contributed by atoms with van der Waals surface area (Å²) in [5.41, 5.74) is 2.82. The number of aliphatic hydroxyl groups excluding tert-OH is 1. The molecule has 0 bridgehead atoms. The molecule has 1 N–H and O–H groups in total. The number of likely N-dealkylation sites (N-methyl/N-ethyl adjacent to an activating group) is 1. The molecule has 2 rings (SSSR count). The van der Waals surface area contributed by atoms with Gasteiger partial charge in [-0.1, -0.05) is 49.3 Å². The largest absolute Gasteiger partial charge is 0.468 e. The van der Waals surface area contributed by atoms with Gasteiger partial charge in [-0.05, 0) is 48.2 Å². The van der Waals surface area contributed by atoms with Crippen molar-refractivity contribution in [3.63, 3.8) is 0 Å². The van der Waals surface area contributed by atoms with E-state index in [1.807, 2.05) is 48.4 Å². The smallest absolute Gasteiger partial charge is 0.325 e. The van der Waals surface area contributed by atoms with Gasteiger partial charge in [-0.25, -0.2) is 8.42 Å². The molecule has 2 aromatic carbocycles. The van der Waals surface area contributed by atoms with Gasteiger partial charge < -0.3 is 14.7 Å². The van der Waals surface area contributed by atoms with E-state index < -0.39 is 9.84 Å². The van der Waals surface area contributed by atoms with Crippen molar-refractivity contribution >= 4 is 33.6 Å². The second-order valence-corrected chi connectivity index (χ2v) is 9.49. The molecule has 6 nitrogen and oxygen atoms in total. The minimum atomic E-state index is -3.28. The maximum absolute atomic E-state index is 12.4. The van der Waals surface area contributed by atoms with Crippen LogP contribution in [-0.4, -0.2) is 52.6 Å². The number of nitrogens with zero attached hydrogens (tertiary/aromatic N) is 1. The van der Waals surface area contributed by atoms with Crippen LogP contribution in [0.1, 0.15) is 36.8 Å². The Kier molecular flexibility index (Phi) is 9.75. The summed E-state index contributed by atoms with van der Waals surface area (Å²) < 4.78 is 29.5. The van der Waals surface area contributed by atoms with Crippen LogP contribution in [0.4, 0.5) is 5.69 Å². The molecule has 0 unspecified atom stereocenters. The number of benzene rings is 2. The van der Waals surface area contributed by atoms with E-state index in [2.05, 4.69) is 4.74 Å². The van der Waals surface area contributed by atoms with Gasteiger partial charge >= 0.3 is 5.97 Å². The van der Waals surface area contributed by atoms with Gasteiger partial charge in [-0.15, -0.1) is 0 Å². The van der Waals surface area contributed by atoms with Crippen LogP contribution in [0.3, 0.4) is 0 Å². The normalized spacial score (nSPS) is 11.6. The van der Waals surface area contributed by atoms with Crippen molar-refractivity contribution < 1.29 is 23.1 Å². The number of ether oxygens (including phenoxy) is 1. The first-order valence-corrected chi connectivity index (χ1v) is 12.0. The standard InChI is InChI=1S/C24H31NO5S/c1-25(19-24(27)30-2)22-13-9-20(10-14-22)7-8-21-11-15-23(16-12-21)31(28,29)18-6-4-3-5-17-26/h7-16,26H,3-6,17-19H2,1-2H3/b8-7+. The number of unbranched alkanes of at least 4 members (excludes halogenated alkanes) is 3. The van der Waals surface area contributed by atoms with E-state index in [9.17, 15) is 13.2 Å². The summed E-state index contributed by atoms with van der Waals surface area (Å²) in [4.78, 5) is 13.5. The van der Waals surface area contributed by atoms with Crippen LogP contribution >= 0.6 is 0 Å². The first-order chi connectivity index (χ1) is 14.9. The van der Waals surface area contributed by atoms with Gasteiger partial charge in [0.15, 0.2) is 9.84 Å². The maximum Gasteiger partial charge on any atom is 0.325 e. The van der Waals surface area contributed by atoms with Crippen LogP contribution in [0.15, 0.2) is 53.4 Å². The molecule has 0 amide bonds. The molecule has 0 aromatic heterocycles. The number of carbonyl (C=O) groups is 1. The molecular weight excluding hydrogens is 414 g/mol. The van der Waals surface area contributed by atoms with E-state index in [0.717, 1.165) is 29.7 Å². The SMILES string of the molecule is COC(=O)CN(C)c1ccc(/C=C/c2ccc(S(=O)(=O)CCCCCCO)cc2)cc1. The average Bonchev–Trinajstić information content (AvgIpc) is 2.78. The van der Waals surface area contributed by atoms with Crippen LogP contribution in [0.5, 0.6) is 0 Å².